The lowest BCUT2D eigenvalue weighted by Gasteiger charge is -2.15. The largest absolute Gasteiger partial charge is 0.465 e. The van der Waals surface area contributed by atoms with Crippen molar-refractivity contribution in [1.29, 1.82) is 0 Å². The van der Waals surface area contributed by atoms with Gasteiger partial charge in [-0.3, -0.25) is 4.79 Å². The van der Waals surface area contributed by atoms with E-state index < -0.39 is 0 Å². The van der Waals surface area contributed by atoms with Gasteiger partial charge < -0.3 is 4.74 Å². The molecular weight excluding hydrogens is 272 g/mol. The van der Waals surface area contributed by atoms with Gasteiger partial charge in [0.15, 0.2) is 0 Å². The van der Waals surface area contributed by atoms with E-state index in [2.05, 4.69) is 20.8 Å². The molecule has 0 aromatic heterocycles. The molecule has 0 saturated heterocycles. The van der Waals surface area contributed by atoms with Gasteiger partial charge in [-0.1, -0.05) is 91.4 Å². The van der Waals surface area contributed by atoms with E-state index in [-0.39, 0.29) is 11.9 Å². The van der Waals surface area contributed by atoms with Crippen LogP contribution in [0.5, 0.6) is 0 Å². The number of hydrogen-bond donors (Lipinski definition) is 0. The second kappa shape index (κ2) is 16.8. The van der Waals surface area contributed by atoms with E-state index in [1.165, 1.54) is 64.2 Å². The van der Waals surface area contributed by atoms with Crippen LogP contribution in [0.25, 0.3) is 0 Å². The van der Waals surface area contributed by atoms with Crippen LogP contribution in [0.1, 0.15) is 111 Å². The van der Waals surface area contributed by atoms with E-state index in [4.69, 9.17) is 4.74 Å². The lowest BCUT2D eigenvalue weighted by molar-refractivity contribution is -0.149. The van der Waals surface area contributed by atoms with Crippen LogP contribution >= 0.6 is 0 Å². The van der Waals surface area contributed by atoms with E-state index in [0.717, 1.165) is 25.7 Å². The summed E-state index contributed by atoms with van der Waals surface area (Å²) >= 11 is 0. The Labute approximate surface area is 139 Å². The minimum absolute atomic E-state index is 0.0610. The number of rotatable bonds is 16. The minimum atomic E-state index is 0.0610. The predicted octanol–water partition coefficient (Wildman–Crippen LogP) is 6.67. The molecule has 0 spiro atoms. The molecule has 0 radical (unpaired) electrons. The minimum Gasteiger partial charge on any atom is -0.465 e. The lowest BCUT2D eigenvalue weighted by atomic mass is 9.96. The first-order valence-corrected chi connectivity index (χ1v) is 9.92. The molecule has 0 aromatic rings. The number of ether oxygens (including phenoxy) is 1. The number of carbonyl (C=O) groups excluding carboxylic acids is 1. The normalized spacial score (nSPS) is 12.3. The second-order valence-corrected chi connectivity index (χ2v) is 6.62. The van der Waals surface area contributed by atoms with Gasteiger partial charge in [0.05, 0.1) is 12.5 Å². The number of esters is 1. The number of carbonyl (C=O) groups is 1. The molecule has 22 heavy (non-hydrogen) atoms. The molecule has 0 amide bonds. The first kappa shape index (κ1) is 21.5. The summed E-state index contributed by atoms with van der Waals surface area (Å²) in [4.78, 5) is 12.2. The second-order valence-electron chi connectivity index (χ2n) is 6.62. The van der Waals surface area contributed by atoms with Crippen molar-refractivity contribution < 1.29 is 9.53 Å². The fourth-order valence-electron chi connectivity index (χ4n) is 2.90. The zero-order valence-corrected chi connectivity index (χ0v) is 15.5. The number of unbranched alkanes of at least 4 members (excludes halogenated alkanes) is 9. The predicted molar refractivity (Wildman–Crippen MR) is 96.1 cm³/mol. The summed E-state index contributed by atoms with van der Waals surface area (Å²) in [7, 11) is 0. The summed E-state index contributed by atoms with van der Waals surface area (Å²) in [6, 6.07) is 0. The summed E-state index contributed by atoms with van der Waals surface area (Å²) < 4.78 is 5.49. The van der Waals surface area contributed by atoms with Crippen molar-refractivity contribution >= 4 is 5.97 Å². The standard InChI is InChI=1S/C20H40O2/c1-4-7-9-11-12-14-17-19(16-6-3)20(21)22-18-15-13-10-8-5-2/h19H,4-18H2,1-3H3. The smallest absolute Gasteiger partial charge is 0.308 e. The van der Waals surface area contributed by atoms with Crippen molar-refractivity contribution in [3.63, 3.8) is 0 Å². The van der Waals surface area contributed by atoms with Crippen LogP contribution in [0.2, 0.25) is 0 Å². The van der Waals surface area contributed by atoms with Crippen molar-refractivity contribution in [3.05, 3.63) is 0 Å². The van der Waals surface area contributed by atoms with Crippen molar-refractivity contribution in [2.24, 2.45) is 5.92 Å². The van der Waals surface area contributed by atoms with Crippen LogP contribution in [0.4, 0.5) is 0 Å². The summed E-state index contributed by atoms with van der Waals surface area (Å²) in [5.41, 5.74) is 0. The van der Waals surface area contributed by atoms with E-state index >= 15 is 0 Å². The molecule has 0 rings (SSSR count). The van der Waals surface area contributed by atoms with Crippen LogP contribution in [0.3, 0.4) is 0 Å². The summed E-state index contributed by atoms with van der Waals surface area (Å²) in [6.07, 6.45) is 16.9. The molecule has 2 heteroatoms. The molecule has 0 fully saturated rings. The third kappa shape index (κ3) is 13.2. The van der Waals surface area contributed by atoms with E-state index in [0.29, 0.717) is 6.61 Å². The molecule has 1 unspecified atom stereocenters. The highest BCUT2D eigenvalue weighted by Crippen LogP contribution is 2.18. The van der Waals surface area contributed by atoms with Crippen LogP contribution in [-0.2, 0) is 9.53 Å². The van der Waals surface area contributed by atoms with Gasteiger partial charge in [0.25, 0.3) is 0 Å². The Morgan fingerprint density at radius 1 is 0.682 bits per heavy atom. The van der Waals surface area contributed by atoms with Gasteiger partial charge in [0.2, 0.25) is 0 Å². The highest BCUT2D eigenvalue weighted by molar-refractivity contribution is 5.72. The molecule has 0 aliphatic rings. The van der Waals surface area contributed by atoms with Crippen molar-refractivity contribution in [1.82, 2.24) is 0 Å². The van der Waals surface area contributed by atoms with Gasteiger partial charge >= 0.3 is 5.97 Å². The monoisotopic (exact) mass is 312 g/mol. The van der Waals surface area contributed by atoms with Crippen LogP contribution < -0.4 is 0 Å². The molecule has 2 nitrogen and oxygen atoms in total. The van der Waals surface area contributed by atoms with Gasteiger partial charge in [-0.25, -0.2) is 0 Å². The fourth-order valence-corrected chi connectivity index (χ4v) is 2.90. The van der Waals surface area contributed by atoms with Crippen LogP contribution in [0, 0.1) is 5.92 Å². The van der Waals surface area contributed by atoms with E-state index in [1.54, 1.807) is 0 Å². The molecule has 0 bridgehead atoms. The third-order valence-corrected chi connectivity index (χ3v) is 4.37. The molecule has 0 aliphatic heterocycles. The highest BCUT2D eigenvalue weighted by atomic mass is 16.5. The SMILES string of the molecule is CCCCCCCCC(CCC)C(=O)OCCCCCCC. The van der Waals surface area contributed by atoms with Gasteiger partial charge in [-0.05, 0) is 19.3 Å². The Morgan fingerprint density at radius 3 is 1.82 bits per heavy atom. The quantitative estimate of drug-likeness (QED) is 0.235. The average molecular weight is 313 g/mol. The third-order valence-electron chi connectivity index (χ3n) is 4.37. The van der Waals surface area contributed by atoms with Crippen LogP contribution in [0.15, 0.2) is 0 Å². The molecule has 0 N–H and O–H groups in total. The molecule has 132 valence electrons. The van der Waals surface area contributed by atoms with Crippen molar-refractivity contribution in [2.75, 3.05) is 6.61 Å². The van der Waals surface area contributed by atoms with E-state index in [1.807, 2.05) is 0 Å². The molecule has 0 aromatic carbocycles. The molecule has 0 saturated carbocycles. The van der Waals surface area contributed by atoms with Crippen LogP contribution in [-0.4, -0.2) is 12.6 Å². The van der Waals surface area contributed by atoms with Gasteiger partial charge in [0, 0.05) is 0 Å². The summed E-state index contributed by atoms with van der Waals surface area (Å²) in [5.74, 6) is 0.206. The Morgan fingerprint density at radius 2 is 1.23 bits per heavy atom. The summed E-state index contributed by atoms with van der Waals surface area (Å²) in [5, 5.41) is 0. The number of hydrogen-bond acceptors (Lipinski definition) is 2. The van der Waals surface area contributed by atoms with Gasteiger partial charge in [-0.15, -0.1) is 0 Å². The topological polar surface area (TPSA) is 26.3 Å². The Kier molecular flexibility index (Phi) is 16.4. The average Bonchev–Trinajstić information content (AvgIpc) is 2.52. The Hall–Kier alpha value is -0.530. The van der Waals surface area contributed by atoms with Crippen molar-refractivity contribution in [2.45, 2.75) is 111 Å². The fraction of sp³-hybridized carbons (Fsp3) is 0.950. The first-order chi connectivity index (χ1) is 10.8. The first-order valence-electron chi connectivity index (χ1n) is 9.92. The Balaban J connectivity index is 3.72. The van der Waals surface area contributed by atoms with E-state index in [9.17, 15) is 4.79 Å². The zero-order chi connectivity index (χ0) is 16.5. The molecule has 0 aliphatic carbocycles. The van der Waals surface area contributed by atoms with Gasteiger partial charge in [0.1, 0.15) is 0 Å². The summed E-state index contributed by atoms with van der Waals surface area (Å²) in [6.45, 7) is 7.25. The van der Waals surface area contributed by atoms with Crippen molar-refractivity contribution in [3.8, 4) is 0 Å². The molecular formula is C20H40O2. The maximum Gasteiger partial charge on any atom is 0.308 e. The maximum atomic E-state index is 12.2. The molecule has 0 heterocycles. The maximum absolute atomic E-state index is 12.2. The zero-order valence-electron chi connectivity index (χ0n) is 15.5. The van der Waals surface area contributed by atoms with Gasteiger partial charge in [-0.2, -0.15) is 0 Å². The highest BCUT2D eigenvalue weighted by Gasteiger charge is 2.18. The lowest BCUT2D eigenvalue weighted by Crippen LogP contribution is -2.18. The molecule has 1 atom stereocenters. The Bertz CT molecular complexity index is 238.